The van der Waals surface area contributed by atoms with Crippen LogP contribution in [0.25, 0.3) is 10.2 Å². The Kier molecular flexibility index (Phi) is 9.87. The zero-order valence-electron chi connectivity index (χ0n) is 20.2. The highest BCUT2D eigenvalue weighted by Gasteiger charge is 2.22. The van der Waals surface area contributed by atoms with Gasteiger partial charge in [-0.25, -0.2) is 18.6 Å². The molecule has 0 aliphatic heterocycles. The highest BCUT2D eigenvalue weighted by atomic mass is 32.1. The molecule has 0 fully saturated rings. The van der Waals surface area contributed by atoms with E-state index in [2.05, 4.69) is 20.4 Å². The number of rotatable bonds is 12. The van der Waals surface area contributed by atoms with Gasteiger partial charge in [0, 0.05) is 6.20 Å². The Morgan fingerprint density at radius 3 is 2.74 bits per heavy atom. The van der Waals surface area contributed by atoms with Crippen molar-refractivity contribution in [3.05, 3.63) is 64.0 Å². The number of carbonyl (C=O) groups is 3. The lowest BCUT2D eigenvalue weighted by Gasteiger charge is -2.17. The summed E-state index contributed by atoms with van der Waals surface area (Å²) >= 11 is 1.20. The molecule has 0 bridgehead atoms. The van der Waals surface area contributed by atoms with E-state index in [1.54, 1.807) is 24.3 Å². The molecule has 14 heteroatoms. The monoisotopic (exact) mass is 549 g/mol. The third-order valence-corrected chi connectivity index (χ3v) is 6.14. The van der Waals surface area contributed by atoms with Crippen LogP contribution in [0.4, 0.5) is 19.3 Å². The smallest absolute Gasteiger partial charge is 0.407 e. The Bertz CT molecular complexity index is 1390. The summed E-state index contributed by atoms with van der Waals surface area (Å²) in [6.45, 7) is -0.696. The molecule has 3 aromatic rings. The highest BCUT2D eigenvalue weighted by molar-refractivity contribution is 7.19. The van der Waals surface area contributed by atoms with Crippen LogP contribution in [0, 0.1) is 0 Å². The number of aromatic nitrogens is 2. The number of nitrogens with zero attached hydrogens (tertiary/aromatic N) is 2. The maximum absolute atomic E-state index is 13.0. The topological polar surface area (TPSA) is 155 Å². The van der Waals surface area contributed by atoms with Crippen LogP contribution in [0.5, 0.6) is 5.75 Å². The van der Waals surface area contributed by atoms with Crippen molar-refractivity contribution in [2.45, 2.75) is 31.9 Å². The van der Waals surface area contributed by atoms with Gasteiger partial charge in [0.2, 0.25) is 11.8 Å². The number of amides is 3. The Balaban J connectivity index is 1.76. The third kappa shape index (κ3) is 7.83. The molecule has 0 saturated heterocycles. The number of allylic oxidation sites excluding steroid dienone is 1. The van der Waals surface area contributed by atoms with Crippen LogP contribution in [0.3, 0.4) is 0 Å². The molecule has 3 amide bonds. The largest absolute Gasteiger partial charge is 0.486 e. The summed E-state index contributed by atoms with van der Waals surface area (Å²) in [5.74, 6) is -1.05. The van der Waals surface area contributed by atoms with E-state index in [1.807, 2.05) is 0 Å². The minimum absolute atomic E-state index is 0.0380. The average Bonchev–Trinajstić information content (AvgIpc) is 3.29. The standard InChI is InChI=1S/C24H25F2N5O6S/c1-36-24(35)30-15(6-2-3-10-19(27)32)22(33)29-16-8-5-11-31(23(16)34)12-20-28-14-7-4-9-17(21(14)38-20)37-13-18(25)26/h3-5,7-11,15,18H,2,6,12-13H2,1H3,(H2,27,32)(H,29,33)(H,30,35)/b10-3+/t15-/m0/s1. The summed E-state index contributed by atoms with van der Waals surface area (Å²) < 4.78 is 36.8. The summed E-state index contributed by atoms with van der Waals surface area (Å²) in [4.78, 5) is 52.9. The lowest BCUT2D eigenvalue weighted by Crippen LogP contribution is -2.44. The number of anilines is 1. The number of alkyl halides is 2. The summed E-state index contributed by atoms with van der Waals surface area (Å²) in [5.41, 5.74) is 5.02. The fourth-order valence-electron chi connectivity index (χ4n) is 3.36. The van der Waals surface area contributed by atoms with Crippen LogP contribution < -0.4 is 26.7 Å². The molecular formula is C24H25F2N5O6S. The van der Waals surface area contributed by atoms with E-state index in [-0.39, 0.29) is 30.8 Å². The van der Waals surface area contributed by atoms with Crippen LogP contribution in [0.15, 0.2) is 53.5 Å². The molecular weight excluding hydrogens is 524 g/mol. The fourth-order valence-corrected chi connectivity index (χ4v) is 4.39. The van der Waals surface area contributed by atoms with Crippen molar-refractivity contribution >= 4 is 45.1 Å². The van der Waals surface area contributed by atoms with Crippen LogP contribution in [0.1, 0.15) is 17.8 Å². The first-order chi connectivity index (χ1) is 18.2. The van der Waals surface area contributed by atoms with Gasteiger partial charge in [0.25, 0.3) is 12.0 Å². The molecule has 11 nitrogen and oxygen atoms in total. The number of pyridine rings is 1. The van der Waals surface area contributed by atoms with Crippen molar-refractivity contribution in [1.82, 2.24) is 14.9 Å². The Hall–Kier alpha value is -4.33. The van der Waals surface area contributed by atoms with Gasteiger partial charge in [-0.1, -0.05) is 12.1 Å². The zero-order chi connectivity index (χ0) is 27.7. The second-order valence-electron chi connectivity index (χ2n) is 7.83. The van der Waals surface area contributed by atoms with Gasteiger partial charge < -0.3 is 30.4 Å². The lowest BCUT2D eigenvalue weighted by atomic mass is 10.1. The number of methoxy groups -OCH3 is 1. The maximum Gasteiger partial charge on any atom is 0.407 e. The van der Waals surface area contributed by atoms with Crippen LogP contribution in [0.2, 0.25) is 0 Å². The molecule has 0 unspecified atom stereocenters. The minimum atomic E-state index is -2.62. The van der Waals surface area contributed by atoms with Crippen LogP contribution >= 0.6 is 11.3 Å². The molecule has 0 aliphatic rings. The number of alkyl carbamates (subject to hydrolysis) is 1. The number of ether oxygens (including phenoxy) is 2. The maximum atomic E-state index is 13.0. The van der Waals surface area contributed by atoms with E-state index in [0.29, 0.717) is 15.2 Å². The van der Waals surface area contributed by atoms with E-state index >= 15 is 0 Å². The quantitative estimate of drug-likeness (QED) is 0.293. The van der Waals surface area contributed by atoms with E-state index in [4.69, 9.17) is 10.5 Å². The van der Waals surface area contributed by atoms with Crippen LogP contribution in [-0.2, 0) is 20.9 Å². The first-order valence-corrected chi connectivity index (χ1v) is 12.1. The van der Waals surface area contributed by atoms with E-state index < -0.39 is 42.5 Å². The molecule has 3 rings (SSSR count). The number of primary amides is 1. The number of hydrogen-bond donors (Lipinski definition) is 3. The van der Waals surface area contributed by atoms with Crippen molar-refractivity contribution in [2.75, 3.05) is 19.0 Å². The van der Waals surface area contributed by atoms with Crippen molar-refractivity contribution in [3.63, 3.8) is 0 Å². The molecule has 0 aliphatic carbocycles. The predicted octanol–water partition coefficient (Wildman–Crippen LogP) is 2.64. The molecule has 0 spiro atoms. The zero-order valence-corrected chi connectivity index (χ0v) is 21.0. The van der Waals surface area contributed by atoms with Crippen molar-refractivity contribution in [3.8, 4) is 5.75 Å². The Morgan fingerprint density at radius 2 is 2.03 bits per heavy atom. The number of carbonyl (C=O) groups excluding carboxylic acids is 3. The number of thiazole rings is 1. The summed E-state index contributed by atoms with van der Waals surface area (Å²) in [5, 5.41) is 5.42. The van der Waals surface area contributed by atoms with Gasteiger partial charge in [0.05, 0.1) is 23.9 Å². The highest BCUT2D eigenvalue weighted by Crippen LogP contribution is 2.31. The number of hydrogen-bond acceptors (Lipinski definition) is 8. The molecule has 0 saturated carbocycles. The number of halogens is 2. The summed E-state index contributed by atoms with van der Waals surface area (Å²) in [6, 6.07) is 6.81. The molecule has 2 aromatic heterocycles. The third-order valence-electron chi connectivity index (χ3n) is 5.07. The Morgan fingerprint density at radius 1 is 1.24 bits per heavy atom. The predicted molar refractivity (Wildman–Crippen MR) is 136 cm³/mol. The number of benzene rings is 1. The fraction of sp³-hybridized carbons (Fsp3) is 0.292. The lowest BCUT2D eigenvalue weighted by molar-refractivity contribution is -0.118. The second kappa shape index (κ2) is 13.3. The molecule has 2 heterocycles. The normalized spacial score (nSPS) is 12.0. The number of nitrogens with one attached hydrogen (secondary N) is 2. The van der Waals surface area contributed by atoms with Gasteiger partial charge in [-0.15, -0.1) is 11.3 Å². The molecule has 202 valence electrons. The average molecular weight is 550 g/mol. The van der Waals surface area contributed by atoms with Crippen molar-refractivity contribution < 1.29 is 32.6 Å². The van der Waals surface area contributed by atoms with Crippen molar-refractivity contribution in [2.24, 2.45) is 5.73 Å². The molecule has 4 N–H and O–H groups in total. The van der Waals surface area contributed by atoms with Gasteiger partial charge >= 0.3 is 6.09 Å². The molecule has 38 heavy (non-hydrogen) atoms. The van der Waals surface area contributed by atoms with Gasteiger partial charge in [-0.05, 0) is 43.2 Å². The summed E-state index contributed by atoms with van der Waals surface area (Å²) in [6.07, 6.45) is 0.984. The molecule has 1 atom stereocenters. The van der Waals surface area contributed by atoms with Gasteiger partial charge in [-0.2, -0.15) is 0 Å². The SMILES string of the molecule is COC(=O)N[C@@H](CC/C=C/C(N)=O)C(=O)Nc1cccn(Cc2nc3cccc(OCC(F)F)c3s2)c1=O. The number of fused-ring (bicyclic) bond motifs is 1. The minimum Gasteiger partial charge on any atom is -0.486 e. The van der Waals surface area contributed by atoms with Gasteiger partial charge in [0.15, 0.2) is 0 Å². The van der Waals surface area contributed by atoms with Gasteiger partial charge in [-0.3, -0.25) is 14.4 Å². The first-order valence-electron chi connectivity index (χ1n) is 11.3. The Labute approximate surface area is 219 Å². The first kappa shape index (κ1) is 28.2. The summed E-state index contributed by atoms with van der Waals surface area (Å²) in [7, 11) is 1.14. The molecule has 1 aromatic carbocycles. The second-order valence-corrected chi connectivity index (χ2v) is 8.91. The van der Waals surface area contributed by atoms with E-state index in [0.717, 1.165) is 13.2 Å². The molecule has 0 radical (unpaired) electrons. The van der Waals surface area contributed by atoms with Gasteiger partial charge in [0.1, 0.15) is 29.1 Å². The van der Waals surface area contributed by atoms with Crippen molar-refractivity contribution in [1.29, 1.82) is 0 Å². The number of nitrogens with two attached hydrogens (primary N) is 1. The van der Waals surface area contributed by atoms with E-state index in [9.17, 15) is 28.0 Å². The van der Waals surface area contributed by atoms with Crippen LogP contribution in [-0.4, -0.2) is 53.6 Å². The van der Waals surface area contributed by atoms with E-state index in [1.165, 1.54) is 34.2 Å².